The summed E-state index contributed by atoms with van der Waals surface area (Å²) >= 11 is 0. The lowest BCUT2D eigenvalue weighted by atomic mass is 10.1. The van der Waals surface area contributed by atoms with Crippen LogP contribution in [0.5, 0.6) is 0 Å². The Balaban J connectivity index is 1.21. The number of carbonyl (C=O) groups excluding carboxylic acids is 2. The SMILES string of the molecule is O=C(C[C@@H]1C(=O)N(CCc2c[nH]c3ccccc23)c2nc3ccccc3n21)NCCc1ccccc1. The average Bonchev–Trinajstić information content (AvgIpc) is 3.56. The molecular formula is C29H27N5O2. The number of aromatic nitrogens is 3. The van der Waals surface area contributed by atoms with Crippen LogP contribution in [0.15, 0.2) is 85.1 Å². The molecule has 7 heteroatoms. The summed E-state index contributed by atoms with van der Waals surface area (Å²) < 4.78 is 1.93. The zero-order valence-corrected chi connectivity index (χ0v) is 19.9. The lowest BCUT2D eigenvalue weighted by Crippen LogP contribution is -2.34. The first-order chi connectivity index (χ1) is 17.7. The Bertz CT molecular complexity index is 1550. The number of H-pyrrole nitrogens is 1. The number of rotatable bonds is 8. The van der Waals surface area contributed by atoms with E-state index in [2.05, 4.69) is 16.4 Å². The first kappa shape index (κ1) is 22.1. The number of hydrogen-bond acceptors (Lipinski definition) is 3. The number of amides is 2. The van der Waals surface area contributed by atoms with Crippen molar-refractivity contribution in [2.75, 3.05) is 18.0 Å². The highest BCUT2D eigenvalue weighted by Gasteiger charge is 2.40. The smallest absolute Gasteiger partial charge is 0.253 e. The van der Waals surface area contributed by atoms with E-state index in [0.29, 0.717) is 25.5 Å². The molecule has 1 aliphatic heterocycles. The van der Waals surface area contributed by atoms with Gasteiger partial charge in [0.2, 0.25) is 11.9 Å². The van der Waals surface area contributed by atoms with E-state index >= 15 is 0 Å². The molecule has 5 aromatic rings. The molecule has 0 aliphatic carbocycles. The minimum Gasteiger partial charge on any atom is -0.361 e. The quantitative estimate of drug-likeness (QED) is 0.348. The molecule has 0 fully saturated rings. The van der Waals surface area contributed by atoms with Gasteiger partial charge in [0.05, 0.1) is 17.5 Å². The molecule has 36 heavy (non-hydrogen) atoms. The van der Waals surface area contributed by atoms with Gasteiger partial charge in [-0.25, -0.2) is 4.98 Å². The topological polar surface area (TPSA) is 83.0 Å². The maximum atomic E-state index is 13.6. The summed E-state index contributed by atoms with van der Waals surface area (Å²) in [5, 5.41) is 4.15. The molecule has 1 atom stereocenters. The number of carbonyl (C=O) groups is 2. The molecule has 0 unspecified atom stereocenters. The largest absolute Gasteiger partial charge is 0.361 e. The molecule has 0 saturated carbocycles. The van der Waals surface area contributed by atoms with Crippen molar-refractivity contribution in [2.45, 2.75) is 25.3 Å². The summed E-state index contributed by atoms with van der Waals surface area (Å²) in [5.74, 6) is 0.399. The molecule has 0 radical (unpaired) electrons. The van der Waals surface area contributed by atoms with Crippen molar-refractivity contribution in [1.82, 2.24) is 19.9 Å². The fourth-order valence-corrected chi connectivity index (χ4v) is 5.12. The van der Waals surface area contributed by atoms with Gasteiger partial charge in [-0.3, -0.25) is 19.1 Å². The van der Waals surface area contributed by atoms with Gasteiger partial charge in [0, 0.05) is 30.2 Å². The van der Waals surface area contributed by atoms with Crippen molar-refractivity contribution in [1.29, 1.82) is 0 Å². The Kier molecular flexibility index (Phi) is 5.73. The predicted molar refractivity (Wildman–Crippen MR) is 141 cm³/mol. The third-order valence-corrected chi connectivity index (χ3v) is 6.92. The number of aromatic amines is 1. The lowest BCUT2D eigenvalue weighted by Gasteiger charge is -2.16. The van der Waals surface area contributed by atoms with Crippen LogP contribution in [0, 0.1) is 0 Å². The summed E-state index contributed by atoms with van der Waals surface area (Å²) in [5.41, 5.74) is 5.10. The molecule has 3 aromatic carbocycles. The Morgan fingerprint density at radius 2 is 1.72 bits per heavy atom. The average molecular weight is 478 g/mol. The lowest BCUT2D eigenvalue weighted by molar-refractivity contribution is -0.127. The zero-order chi connectivity index (χ0) is 24.5. The zero-order valence-electron chi connectivity index (χ0n) is 19.9. The summed E-state index contributed by atoms with van der Waals surface area (Å²) in [6.45, 7) is 1.03. The van der Waals surface area contributed by atoms with Gasteiger partial charge < -0.3 is 10.3 Å². The first-order valence-corrected chi connectivity index (χ1v) is 12.3. The van der Waals surface area contributed by atoms with Crippen molar-refractivity contribution in [2.24, 2.45) is 0 Å². The Morgan fingerprint density at radius 3 is 2.61 bits per heavy atom. The molecule has 1 aliphatic rings. The van der Waals surface area contributed by atoms with E-state index in [1.54, 1.807) is 4.90 Å². The Hall–Kier alpha value is -4.39. The van der Waals surface area contributed by atoms with Crippen LogP contribution >= 0.6 is 0 Å². The van der Waals surface area contributed by atoms with Crippen molar-refractivity contribution in [3.63, 3.8) is 0 Å². The summed E-state index contributed by atoms with van der Waals surface area (Å²) in [4.78, 5) is 36.3. The summed E-state index contributed by atoms with van der Waals surface area (Å²) in [7, 11) is 0. The number of fused-ring (bicyclic) bond motifs is 4. The van der Waals surface area contributed by atoms with Crippen LogP contribution in [0.3, 0.4) is 0 Å². The molecule has 0 saturated heterocycles. The highest BCUT2D eigenvalue weighted by Crippen LogP contribution is 2.36. The predicted octanol–water partition coefficient (Wildman–Crippen LogP) is 4.40. The van der Waals surface area contributed by atoms with Crippen LogP contribution in [0.1, 0.15) is 23.6 Å². The molecule has 2 N–H and O–H groups in total. The van der Waals surface area contributed by atoms with E-state index in [9.17, 15) is 9.59 Å². The third kappa shape index (κ3) is 4.02. The van der Waals surface area contributed by atoms with Crippen molar-refractivity contribution < 1.29 is 9.59 Å². The second kappa shape index (κ2) is 9.34. The molecule has 2 aromatic heterocycles. The van der Waals surface area contributed by atoms with Gasteiger partial charge in [-0.05, 0) is 42.2 Å². The van der Waals surface area contributed by atoms with Gasteiger partial charge in [0.1, 0.15) is 6.04 Å². The van der Waals surface area contributed by atoms with E-state index in [4.69, 9.17) is 4.98 Å². The van der Waals surface area contributed by atoms with Crippen molar-refractivity contribution >= 4 is 39.7 Å². The first-order valence-electron chi connectivity index (χ1n) is 12.3. The number of imidazole rings is 1. The standard InChI is InChI=1S/C29H27N5O2/c35-27(30-16-14-20-8-2-1-3-9-20)18-26-28(36)33(29-32-24-12-6-7-13-25(24)34(26)29)17-15-21-19-31-23-11-5-4-10-22(21)23/h1-13,19,26,31H,14-18H2,(H,30,35)/t26-/m1/s1. The van der Waals surface area contributed by atoms with E-state index < -0.39 is 6.04 Å². The fraction of sp³-hybridized carbons (Fsp3) is 0.207. The number of hydrogen-bond donors (Lipinski definition) is 2. The van der Waals surface area contributed by atoms with E-state index in [-0.39, 0.29) is 18.2 Å². The molecule has 7 nitrogen and oxygen atoms in total. The van der Waals surface area contributed by atoms with Gasteiger partial charge in [-0.1, -0.05) is 60.7 Å². The second-order valence-corrected chi connectivity index (χ2v) is 9.18. The third-order valence-electron chi connectivity index (χ3n) is 6.92. The van der Waals surface area contributed by atoms with Crippen LogP contribution in [0.4, 0.5) is 5.95 Å². The molecule has 2 amide bonds. The molecule has 180 valence electrons. The number of anilines is 1. The van der Waals surface area contributed by atoms with Gasteiger partial charge in [0.15, 0.2) is 0 Å². The highest BCUT2D eigenvalue weighted by atomic mass is 16.2. The van der Waals surface area contributed by atoms with Crippen LogP contribution in [0.25, 0.3) is 21.9 Å². The molecule has 0 spiro atoms. The van der Waals surface area contributed by atoms with E-state index in [1.807, 2.05) is 83.6 Å². The van der Waals surface area contributed by atoms with E-state index in [0.717, 1.165) is 33.9 Å². The summed E-state index contributed by atoms with van der Waals surface area (Å²) in [6.07, 6.45) is 3.53. The van der Waals surface area contributed by atoms with Crippen LogP contribution in [-0.2, 0) is 22.4 Å². The Labute approximate surface area is 208 Å². The molecular weight excluding hydrogens is 450 g/mol. The van der Waals surface area contributed by atoms with Crippen molar-refractivity contribution in [3.8, 4) is 0 Å². The maximum Gasteiger partial charge on any atom is 0.253 e. The van der Waals surface area contributed by atoms with Crippen LogP contribution in [0.2, 0.25) is 0 Å². The molecule has 0 bridgehead atoms. The van der Waals surface area contributed by atoms with Gasteiger partial charge in [-0.2, -0.15) is 0 Å². The number of benzene rings is 3. The molecule has 6 rings (SSSR count). The summed E-state index contributed by atoms with van der Waals surface area (Å²) in [6, 6.07) is 25.4. The number of para-hydroxylation sites is 3. The Morgan fingerprint density at radius 1 is 0.944 bits per heavy atom. The molecule has 3 heterocycles. The van der Waals surface area contributed by atoms with E-state index in [1.165, 1.54) is 5.56 Å². The number of nitrogens with one attached hydrogen (secondary N) is 2. The number of nitrogens with zero attached hydrogens (tertiary/aromatic N) is 3. The fourth-order valence-electron chi connectivity index (χ4n) is 5.12. The normalized spacial score (nSPS) is 15.1. The maximum absolute atomic E-state index is 13.6. The van der Waals surface area contributed by atoms with Gasteiger partial charge in [-0.15, -0.1) is 0 Å². The minimum absolute atomic E-state index is 0.0821. The highest BCUT2D eigenvalue weighted by molar-refractivity contribution is 6.03. The van der Waals surface area contributed by atoms with Crippen molar-refractivity contribution in [3.05, 3.63) is 96.2 Å². The van der Waals surface area contributed by atoms with Crippen LogP contribution < -0.4 is 10.2 Å². The second-order valence-electron chi connectivity index (χ2n) is 9.18. The van der Waals surface area contributed by atoms with Gasteiger partial charge >= 0.3 is 0 Å². The van der Waals surface area contributed by atoms with Gasteiger partial charge in [0.25, 0.3) is 5.91 Å². The van der Waals surface area contributed by atoms with Crippen LogP contribution in [-0.4, -0.2) is 39.4 Å². The monoisotopic (exact) mass is 477 g/mol. The minimum atomic E-state index is -0.605.